The second-order valence-electron chi connectivity index (χ2n) is 3.89. The quantitative estimate of drug-likeness (QED) is 0.613. The lowest BCUT2D eigenvalue weighted by molar-refractivity contribution is 1.40. The van der Waals surface area contributed by atoms with E-state index in [-0.39, 0.29) is 0 Å². The summed E-state index contributed by atoms with van der Waals surface area (Å²) in [6, 6.07) is 12.4. The first kappa shape index (κ1) is 9.90. The highest BCUT2D eigenvalue weighted by atomic mass is 15.0. The van der Waals surface area contributed by atoms with Crippen LogP contribution >= 0.6 is 0 Å². The number of rotatable bonds is 0. The van der Waals surface area contributed by atoms with Gasteiger partial charge in [-0.25, -0.2) is 9.98 Å². The van der Waals surface area contributed by atoms with Crippen molar-refractivity contribution in [2.75, 3.05) is 7.05 Å². The Morgan fingerprint density at radius 1 is 1.06 bits per heavy atom. The fraction of sp³-hybridized carbons (Fsp3) is 0.0714. The molecule has 2 aromatic carbocycles. The first-order valence-electron chi connectivity index (χ1n) is 5.39. The molecule has 2 aromatic rings. The van der Waals surface area contributed by atoms with Gasteiger partial charge in [-0.2, -0.15) is 0 Å². The van der Waals surface area contributed by atoms with Crippen molar-refractivity contribution in [3.05, 3.63) is 47.5 Å². The minimum atomic E-state index is 0.659. The van der Waals surface area contributed by atoms with E-state index in [0.29, 0.717) is 5.84 Å². The van der Waals surface area contributed by atoms with Crippen molar-refractivity contribution in [3.8, 4) is 0 Å². The molecule has 0 saturated heterocycles. The van der Waals surface area contributed by atoms with Gasteiger partial charge in [-0.3, -0.25) is 4.99 Å². The Kier molecular flexibility index (Phi) is 2.11. The molecule has 0 radical (unpaired) electrons. The molecule has 0 aliphatic carbocycles. The summed E-state index contributed by atoms with van der Waals surface area (Å²) in [6.07, 6.45) is 0. The van der Waals surface area contributed by atoms with Crippen LogP contribution < -0.4 is 0 Å². The SMILES string of the molecule is C=NC1=NC(=NC)c2cc3ccccc3cc21. The highest BCUT2D eigenvalue weighted by Crippen LogP contribution is 2.26. The molecule has 0 bridgehead atoms. The van der Waals surface area contributed by atoms with Gasteiger partial charge in [0.15, 0.2) is 11.7 Å². The van der Waals surface area contributed by atoms with Gasteiger partial charge in [-0.05, 0) is 29.6 Å². The maximum Gasteiger partial charge on any atom is 0.161 e. The van der Waals surface area contributed by atoms with E-state index in [1.165, 1.54) is 10.8 Å². The van der Waals surface area contributed by atoms with E-state index in [2.05, 4.69) is 46.0 Å². The van der Waals surface area contributed by atoms with E-state index in [1.807, 2.05) is 12.1 Å². The molecule has 0 saturated carbocycles. The summed E-state index contributed by atoms with van der Waals surface area (Å²) in [5.74, 6) is 1.39. The number of amidine groups is 2. The molecule has 0 N–H and O–H groups in total. The van der Waals surface area contributed by atoms with Gasteiger partial charge >= 0.3 is 0 Å². The largest absolute Gasteiger partial charge is 0.270 e. The predicted molar refractivity (Wildman–Crippen MR) is 72.5 cm³/mol. The van der Waals surface area contributed by atoms with E-state index in [1.54, 1.807) is 7.05 Å². The van der Waals surface area contributed by atoms with Crippen molar-refractivity contribution in [1.29, 1.82) is 0 Å². The van der Waals surface area contributed by atoms with Crippen molar-refractivity contribution in [3.63, 3.8) is 0 Å². The molecular weight excluding hydrogens is 210 g/mol. The zero-order valence-corrected chi connectivity index (χ0v) is 9.51. The van der Waals surface area contributed by atoms with Crippen LogP contribution in [0.15, 0.2) is 51.4 Å². The lowest BCUT2D eigenvalue weighted by Crippen LogP contribution is -1.95. The second-order valence-corrected chi connectivity index (χ2v) is 3.89. The summed E-state index contributed by atoms with van der Waals surface area (Å²) in [5.41, 5.74) is 2.05. The number of nitrogens with zero attached hydrogens (tertiary/aromatic N) is 3. The van der Waals surface area contributed by atoms with Crippen LogP contribution in [0.25, 0.3) is 10.8 Å². The zero-order chi connectivity index (χ0) is 11.8. The Balaban J connectivity index is 2.37. The van der Waals surface area contributed by atoms with Crippen LogP contribution in [0.1, 0.15) is 11.1 Å². The molecule has 0 amide bonds. The first-order chi connectivity index (χ1) is 8.33. The Morgan fingerprint density at radius 3 is 2.29 bits per heavy atom. The summed E-state index contributed by atoms with van der Waals surface area (Å²) in [5, 5.41) is 2.37. The third-order valence-electron chi connectivity index (χ3n) is 2.94. The molecule has 17 heavy (non-hydrogen) atoms. The molecule has 0 aromatic heterocycles. The molecule has 3 rings (SSSR count). The van der Waals surface area contributed by atoms with Crippen LogP contribution in [0.4, 0.5) is 0 Å². The molecule has 0 unspecified atom stereocenters. The van der Waals surface area contributed by atoms with Gasteiger partial charge in [0.2, 0.25) is 0 Å². The Morgan fingerprint density at radius 2 is 1.71 bits per heavy atom. The molecule has 1 heterocycles. The van der Waals surface area contributed by atoms with Gasteiger partial charge in [0.25, 0.3) is 0 Å². The fourth-order valence-corrected chi connectivity index (χ4v) is 2.12. The number of hydrogen-bond acceptors (Lipinski definition) is 2. The molecular formula is C14H11N3. The Bertz CT molecular complexity index is 681. The number of hydrogen-bond donors (Lipinski definition) is 0. The van der Waals surface area contributed by atoms with E-state index in [0.717, 1.165) is 17.0 Å². The topological polar surface area (TPSA) is 37.1 Å². The van der Waals surface area contributed by atoms with Gasteiger partial charge in [0.05, 0.1) is 0 Å². The van der Waals surface area contributed by atoms with Crippen molar-refractivity contribution < 1.29 is 0 Å². The Labute approximate surface area is 99.3 Å². The zero-order valence-electron chi connectivity index (χ0n) is 9.51. The van der Waals surface area contributed by atoms with Crippen molar-refractivity contribution in [2.45, 2.75) is 0 Å². The first-order valence-corrected chi connectivity index (χ1v) is 5.39. The summed E-state index contributed by atoms with van der Waals surface area (Å²) in [4.78, 5) is 12.5. The molecule has 0 spiro atoms. The standard InChI is InChI=1S/C14H11N3/c1-15-13-11-7-9-5-3-4-6-10(9)8-12(11)14(16-2)17-13/h3-8H,1H2,2H3. The molecule has 0 fully saturated rings. The second kappa shape index (κ2) is 3.63. The third-order valence-corrected chi connectivity index (χ3v) is 2.94. The van der Waals surface area contributed by atoms with E-state index >= 15 is 0 Å². The van der Waals surface area contributed by atoms with Gasteiger partial charge < -0.3 is 0 Å². The highest BCUT2D eigenvalue weighted by molar-refractivity contribution is 6.24. The lowest BCUT2D eigenvalue weighted by Gasteiger charge is -2.03. The van der Waals surface area contributed by atoms with Gasteiger partial charge in [-0.15, -0.1) is 0 Å². The van der Waals surface area contributed by atoms with Gasteiger partial charge in [0.1, 0.15) is 0 Å². The summed E-state index contributed by atoms with van der Waals surface area (Å²) in [6.45, 7) is 3.55. The molecule has 1 aliphatic rings. The van der Waals surface area contributed by atoms with Crippen LogP contribution in [-0.4, -0.2) is 25.4 Å². The normalized spacial score (nSPS) is 16.1. The van der Waals surface area contributed by atoms with Gasteiger partial charge in [0, 0.05) is 18.2 Å². The number of fused-ring (bicyclic) bond motifs is 2. The average Bonchev–Trinajstić information content (AvgIpc) is 2.73. The lowest BCUT2D eigenvalue weighted by atomic mass is 10.0. The maximum absolute atomic E-state index is 4.35. The monoisotopic (exact) mass is 221 g/mol. The van der Waals surface area contributed by atoms with Crippen LogP contribution in [0.2, 0.25) is 0 Å². The average molecular weight is 221 g/mol. The third kappa shape index (κ3) is 1.40. The smallest absolute Gasteiger partial charge is 0.161 e. The van der Waals surface area contributed by atoms with Crippen LogP contribution in [0.5, 0.6) is 0 Å². The van der Waals surface area contributed by atoms with Crippen LogP contribution in [-0.2, 0) is 0 Å². The van der Waals surface area contributed by atoms with Crippen molar-refractivity contribution in [2.24, 2.45) is 15.0 Å². The molecule has 82 valence electrons. The van der Waals surface area contributed by atoms with Gasteiger partial charge in [-0.1, -0.05) is 24.3 Å². The van der Waals surface area contributed by atoms with E-state index < -0.39 is 0 Å². The molecule has 0 atom stereocenters. The summed E-state index contributed by atoms with van der Waals surface area (Å²) < 4.78 is 0. The van der Waals surface area contributed by atoms with Crippen molar-refractivity contribution >= 4 is 29.2 Å². The van der Waals surface area contributed by atoms with E-state index in [9.17, 15) is 0 Å². The molecule has 3 heteroatoms. The fourth-order valence-electron chi connectivity index (χ4n) is 2.12. The predicted octanol–water partition coefficient (Wildman–Crippen LogP) is 2.68. The van der Waals surface area contributed by atoms with Crippen LogP contribution in [0.3, 0.4) is 0 Å². The number of aliphatic imine (C=N–C) groups is 3. The summed E-state index contributed by atoms with van der Waals surface area (Å²) in [7, 11) is 1.74. The highest BCUT2D eigenvalue weighted by Gasteiger charge is 2.20. The minimum Gasteiger partial charge on any atom is -0.270 e. The molecule has 1 aliphatic heterocycles. The summed E-state index contributed by atoms with van der Waals surface area (Å²) >= 11 is 0. The Hall–Kier alpha value is -2.29. The number of benzene rings is 2. The maximum atomic E-state index is 4.35. The molecule has 3 nitrogen and oxygen atoms in total. The minimum absolute atomic E-state index is 0.659. The van der Waals surface area contributed by atoms with Crippen molar-refractivity contribution in [1.82, 2.24) is 0 Å². The van der Waals surface area contributed by atoms with Crippen LogP contribution in [0, 0.1) is 0 Å². The van der Waals surface area contributed by atoms with E-state index in [4.69, 9.17) is 0 Å².